The zero-order chi connectivity index (χ0) is 17.6. The summed E-state index contributed by atoms with van der Waals surface area (Å²) in [4.78, 5) is 16.6. The van der Waals surface area contributed by atoms with Crippen LogP contribution in [-0.4, -0.2) is 47.0 Å². The van der Waals surface area contributed by atoms with Crippen LogP contribution in [-0.2, 0) is 13.0 Å². The molecule has 2 aromatic rings. The number of carbonyl (C=O) groups is 1. The van der Waals surface area contributed by atoms with E-state index in [9.17, 15) is 9.90 Å². The largest absolute Gasteiger partial charge is 0.508 e. The summed E-state index contributed by atoms with van der Waals surface area (Å²) < 4.78 is 5.22. The van der Waals surface area contributed by atoms with Gasteiger partial charge in [-0.05, 0) is 42.2 Å². The van der Waals surface area contributed by atoms with Crippen LogP contribution in [0.25, 0.3) is 0 Å². The van der Waals surface area contributed by atoms with E-state index < -0.39 is 0 Å². The third kappa shape index (κ3) is 4.31. The minimum absolute atomic E-state index is 0.0373. The number of allylic oxidation sites excluding steroid dienone is 1. The van der Waals surface area contributed by atoms with Crippen molar-refractivity contribution in [3.63, 3.8) is 0 Å². The summed E-state index contributed by atoms with van der Waals surface area (Å²) in [5.74, 6) is 0.681. The van der Waals surface area contributed by atoms with Crippen LogP contribution in [0.1, 0.15) is 28.1 Å². The maximum Gasteiger partial charge on any atom is 0.289 e. The Hall–Kier alpha value is -2.53. The Balaban J connectivity index is 1.61. The first-order valence-corrected chi connectivity index (χ1v) is 8.64. The quantitative estimate of drug-likeness (QED) is 0.850. The van der Waals surface area contributed by atoms with Crippen molar-refractivity contribution in [1.29, 1.82) is 0 Å². The van der Waals surface area contributed by atoms with E-state index in [4.69, 9.17) is 4.42 Å². The highest BCUT2D eigenvalue weighted by Gasteiger charge is 2.22. The lowest BCUT2D eigenvalue weighted by atomic mass is 10.1. The number of phenols is 1. The Labute approximate surface area is 148 Å². The molecule has 1 aliphatic heterocycles. The van der Waals surface area contributed by atoms with E-state index in [1.165, 1.54) is 11.8 Å². The zero-order valence-corrected chi connectivity index (χ0v) is 14.4. The molecular weight excluding hydrogens is 316 g/mol. The van der Waals surface area contributed by atoms with Gasteiger partial charge in [0.05, 0.1) is 6.26 Å². The van der Waals surface area contributed by atoms with E-state index >= 15 is 0 Å². The second-order valence-electron chi connectivity index (χ2n) is 6.36. The maximum absolute atomic E-state index is 12.4. The van der Waals surface area contributed by atoms with E-state index in [2.05, 4.69) is 11.5 Å². The lowest BCUT2D eigenvalue weighted by Gasteiger charge is -2.21. The highest BCUT2D eigenvalue weighted by Crippen LogP contribution is 2.21. The van der Waals surface area contributed by atoms with Crippen molar-refractivity contribution in [1.82, 2.24) is 9.80 Å². The standard InChI is InChI=1S/C20H24N2O3/c1-2-5-17-14-16(7-8-18(17)23)15-21-9-4-10-22(12-11-21)20(24)19-6-3-13-25-19/h2-3,6-8,13-14,23H,1,4-5,9-12,15H2. The average molecular weight is 340 g/mol. The molecule has 1 aromatic heterocycles. The number of benzene rings is 1. The van der Waals surface area contributed by atoms with Gasteiger partial charge in [-0.2, -0.15) is 0 Å². The molecule has 25 heavy (non-hydrogen) atoms. The monoisotopic (exact) mass is 340 g/mol. The highest BCUT2D eigenvalue weighted by molar-refractivity contribution is 5.91. The van der Waals surface area contributed by atoms with Gasteiger partial charge in [-0.15, -0.1) is 6.58 Å². The molecule has 0 radical (unpaired) electrons. The van der Waals surface area contributed by atoms with Crippen LogP contribution < -0.4 is 0 Å². The highest BCUT2D eigenvalue weighted by atomic mass is 16.3. The van der Waals surface area contributed by atoms with Gasteiger partial charge in [-0.3, -0.25) is 9.69 Å². The zero-order valence-electron chi connectivity index (χ0n) is 14.4. The second-order valence-corrected chi connectivity index (χ2v) is 6.36. The fourth-order valence-corrected chi connectivity index (χ4v) is 3.20. The predicted molar refractivity (Wildman–Crippen MR) is 96.5 cm³/mol. The molecule has 2 heterocycles. The van der Waals surface area contributed by atoms with Crippen molar-refractivity contribution in [3.05, 3.63) is 66.1 Å². The smallest absolute Gasteiger partial charge is 0.289 e. The molecule has 132 valence electrons. The van der Waals surface area contributed by atoms with Gasteiger partial charge in [-0.1, -0.05) is 18.2 Å². The summed E-state index contributed by atoms with van der Waals surface area (Å²) in [7, 11) is 0. The number of nitrogens with zero attached hydrogens (tertiary/aromatic N) is 2. The molecule has 1 aliphatic rings. The summed E-state index contributed by atoms with van der Waals surface area (Å²) in [6.45, 7) is 7.75. The Bertz CT molecular complexity index is 725. The van der Waals surface area contributed by atoms with Crippen molar-refractivity contribution in [2.75, 3.05) is 26.2 Å². The van der Waals surface area contributed by atoms with Crippen LogP contribution >= 0.6 is 0 Å². The van der Waals surface area contributed by atoms with Gasteiger partial charge in [0.1, 0.15) is 5.75 Å². The lowest BCUT2D eigenvalue weighted by Crippen LogP contribution is -2.34. The third-order valence-electron chi connectivity index (χ3n) is 4.52. The Morgan fingerprint density at radius 2 is 2.12 bits per heavy atom. The maximum atomic E-state index is 12.4. The molecule has 3 rings (SSSR count). The molecule has 1 amide bonds. The molecule has 0 atom stereocenters. The topological polar surface area (TPSA) is 56.9 Å². The number of rotatable bonds is 5. The summed E-state index contributed by atoms with van der Waals surface area (Å²) in [5.41, 5.74) is 2.07. The molecule has 0 unspecified atom stereocenters. The van der Waals surface area contributed by atoms with Crippen molar-refractivity contribution in [2.24, 2.45) is 0 Å². The van der Waals surface area contributed by atoms with Crippen LogP contribution in [0, 0.1) is 0 Å². The van der Waals surface area contributed by atoms with Crippen LogP contribution in [0.15, 0.2) is 53.7 Å². The number of hydrogen-bond acceptors (Lipinski definition) is 4. The minimum Gasteiger partial charge on any atom is -0.508 e. The van der Waals surface area contributed by atoms with Crippen molar-refractivity contribution in [3.8, 4) is 5.75 Å². The first-order valence-electron chi connectivity index (χ1n) is 8.64. The first-order chi connectivity index (χ1) is 12.2. The molecule has 0 aliphatic carbocycles. The van der Waals surface area contributed by atoms with E-state index in [0.717, 1.165) is 38.2 Å². The Kier molecular flexibility index (Phi) is 5.56. The second kappa shape index (κ2) is 8.03. The number of carbonyl (C=O) groups excluding carboxylic acids is 1. The van der Waals surface area contributed by atoms with Crippen molar-refractivity contribution < 1.29 is 14.3 Å². The average Bonchev–Trinajstić information content (AvgIpc) is 3.05. The van der Waals surface area contributed by atoms with Crippen LogP contribution in [0.5, 0.6) is 5.75 Å². The van der Waals surface area contributed by atoms with E-state index in [1.54, 1.807) is 24.3 Å². The summed E-state index contributed by atoms with van der Waals surface area (Å²) >= 11 is 0. The molecule has 5 heteroatoms. The lowest BCUT2D eigenvalue weighted by molar-refractivity contribution is 0.0729. The SMILES string of the molecule is C=CCc1cc(CN2CCCN(C(=O)c3ccco3)CC2)ccc1O. The normalized spacial score (nSPS) is 15.8. The van der Waals surface area contributed by atoms with E-state index in [1.807, 2.05) is 17.0 Å². The first kappa shape index (κ1) is 17.3. The summed E-state index contributed by atoms with van der Waals surface area (Å²) in [6, 6.07) is 9.19. The molecule has 0 saturated carbocycles. The molecule has 5 nitrogen and oxygen atoms in total. The fourth-order valence-electron chi connectivity index (χ4n) is 3.20. The minimum atomic E-state index is -0.0373. The molecule has 1 N–H and O–H groups in total. The van der Waals surface area contributed by atoms with Crippen molar-refractivity contribution in [2.45, 2.75) is 19.4 Å². The van der Waals surface area contributed by atoms with Gasteiger partial charge in [0.2, 0.25) is 0 Å². The number of hydrogen-bond donors (Lipinski definition) is 1. The molecular formula is C20H24N2O3. The molecule has 0 bridgehead atoms. The predicted octanol–water partition coefficient (Wildman–Crippen LogP) is 3.06. The summed E-state index contributed by atoms with van der Waals surface area (Å²) in [6.07, 6.45) is 4.92. The van der Waals surface area contributed by atoms with Gasteiger partial charge in [0.15, 0.2) is 5.76 Å². The van der Waals surface area contributed by atoms with Gasteiger partial charge in [0, 0.05) is 32.7 Å². The summed E-state index contributed by atoms with van der Waals surface area (Å²) in [5, 5.41) is 9.89. The van der Waals surface area contributed by atoms with Gasteiger partial charge >= 0.3 is 0 Å². The van der Waals surface area contributed by atoms with E-state index in [-0.39, 0.29) is 5.91 Å². The van der Waals surface area contributed by atoms with Crippen LogP contribution in [0.3, 0.4) is 0 Å². The van der Waals surface area contributed by atoms with Gasteiger partial charge in [-0.25, -0.2) is 0 Å². The van der Waals surface area contributed by atoms with Gasteiger partial charge in [0.25, 0.3) is 5.91 Å². The van der Waals surface area contributed by atoms with E-state index in [0.29, 0.717) is 24.5 Å². The molecule has 0 spiro atoms. The van der Waals surface area contributed by atoms with Crippen molar-refractivity contribution >= 4 is 5.91 Å². The number of amides is 1. The van der Waals surface area contributed by atoms with Crippen LogP contribution in [0.2, 0.25) is 0 Å². The number of phenolic OH excluding ortho intramolecular Hbond substituents is 1. The molecule has 1 saturated heterocycles. The van der Waals surface area contributed by atoms with Crippen LogP contribution in [0.4, 0.5) is 0 Å². The Morgan fingerprint density at radius 1 is 1.24 bits per heavy atom. The number of furan rings is 1. The molecule has 1 aromatic carbocycles. The fraction of sp³-hybridized carbons (Fsp3) is 0.350. The third-order valence-corrected chi connectivity index (χ3v) is 4.52. The van der Waals surface area contributed by atoms with Gasteiger partial charge < -0.3 is 14.4 Å². The Morgan fingerprint density at radius 3 is 2.88 bits per heavy atom. The molecule has 1 fully saturated rings. The number of aromatic hydroxyl groups is 1.